The van der Waals surface area contributed by atoms with Crippen molar-refractivity contribution >= 4 is 29.7 Å². The first-order valence-electron chi connectivity index (χ1n) is 13.6. The Balaban J connectivity index is 1.46. The van der Waals surface area contributed by atoms with E-state index in [0.717, 1.165) is 48.0 Å². The number of hydrogen-bond donors (Lipinski definition) is 0. The molecule has 0 radical (unpaired) electrons. The van der Waals surface area contributed by atoms with Crippen LogP contribution in [0.25, 0.3) is 0 Å². The SMILES string of the molecule is C=CC(=O)OCCCCSc1ccc(C(=O)Oc2ccc(C(=O)Oc3ccc(CCCCC)cc3)cc2)cc1C. The molecule has 3 aromatic rings. The van der Waals surface area contributed by atoms with E-state index in [1.54, 1.807) is 48.2 Å². The summed E-state index contributed by atoms with van der Waals surface area (Å²) in [4.78, 5) is 37.4. The Bertz CT molecular complexity index is 1280. The Morgan fingerprint density at radius 3 is 2.05 bits per heavy atom. The van der Waals surface area contributed by atoms with Crippen molar-refractivity contribution < 1.29 is 28.6 Å². The zero-order valence-corrected chi connectivity index (χ0v) is 24.0. The van der Waals surface area contributed by atoms with Crippen LogP contribution < -0.4 is 9.47 Å². The molecule has 7 heteroatoms. The van der Waals surface area contributed by atoms with Gasteiger partial charge in [-0.2, -0.15) is 0 Å². The molecule has 6 nitrogen and oxygen atoms in total. The summed E-state index contributed by atoms with van der Waals surface area (Å²) in [5.41, 5.74) is 3.01. The zero-order chi connectivity index (χ0) is 28.7. The third kappa shape index (κ3) is 10.0. The van der Waals surface area contributed by atoms with Crippen LogP contribution in [-0.2, 0) is 16.0 Å². The number of carbonyl (C=O) groups is 3. The van der Waals surface area contributed by atoms with Crippen LogP contribution in [0, 0.1) is 6.92 Å². The molecule has 0 saturated carbocycles. The van der Waals surface area contributed by atoms with Crippen LogP contribution in [0.5, 0.6) is 11.5 Å². The number of hydrogen-bond acceptors (Lipinski definition) is 7. The van der Waals surface area contributed by atoms with Crippen LogP contribution in [0.2, 0.25) is 0 Å². The molecule has 40 heavy (non-hydrogen) atoms. The summed E-state index contributed by atoms with van der Waals surface area (Å²) in [6, 6.07) is 19.4. The highest BCUT2D eigenvalue weighted by molar-refractivity contribution is 7.99. The van der Waals surface area contributed by atoms with Crippen LogP contribution in [0.4, 0.5) is 0 Å². The largest absolute Gasteiger partial charge is 0.463 e. The summed E-state index contributed by atoms with van der Waals surface area (Å²) in [5.74, 6) is 0.349. The van der Waals surface area contributed by atoms with Gasteiger partial charge in [0.15, 0.2) is 0 Å². The first kappa shape index (κ1) is 30.7. The third-order valence-corrected chi connectivity index (χ3v) is 7.38. The molecule has 0 saturated heterocycles. The lowest BCUT2D eigenvalue weighted by Gasteiger charge is -2.09. The van der Waals surface area contributed by atoms with Gasteiger partial charge in [-0.3, -0.25) is 0 Å². The van der Waals surface area contributed by atoms with Gasteiger partial charge in [-0.1, -0.05) is 38.5 Å². The van der Waals surface area contributed by atoms with E-state index in [-0.39, 0.29) is 0 Å². The Morgan fingerprint density at radius 2 is 1.43 bits per heavy atom. The molecule has 0 unspecified atom stereocenters. The van der Waals surface area contributed by atoms with Gasteiger partial charge in [-0.15, -0.1) is 11.8 Å². The van der Waals surface area contributed by atoms with Gasteiger partial charge < -0.3 is 14.2 Å². The van der Waals surface area contributed by atoms with Crippen LogP contribution in [0.15, 0.2) is 84.3 Å². The molecule has 0 fully saturated rings. The first-order chi connectivity index (χ1) is 19.4. The van der Waals surface area contributed by atoms with Crippen molar-refractivity contribution in [2.45, 2.75) is 57.3 Å². The van der Waals surface area contributed by atoms with E-state index in [9.17, 15) is 14.4 Å². The zero-order valence-electron chi connectivity index (χ0n) is 23.1. The maximum atomic E-state index is 12.7. The maximum absolute atomic E-state index is 12.7. The second-order valence-corrected chi connectivity index (χ2v) is 10.4. The number of unbranched alkanes of at least 4 members (excludes halogenated alkanes) is 3. The van der Waals surface area contributed by atoms with Gasteiger partial charge in [0.2, 0.25) is 0 Å². The molecule has 0 aliphatic rings. The average Bonchev–Trinajstić information content (AvgIpc) is 2.96. The molecule has 0 spiro atoms. The summed E-state index contributed by atoms with van der Waals surface area (Å²) < 4.78 is 16.0. The highest BCUT2D eigenvalue weighted by Gasteiger charge is 2.13. The standard InChI is InChI=1S/C33H36O6S/c1-4-6-7-10-25-11-16-28(17-12-25)38-32(35)26-13-18-29(19-14-26)39-33(36)27-15-20-30(24(3)23-27)40-22-9-8-21-37-31(34)5-2/h5,11-20,23H,2,4,6-10,21-22H2,1,3H3. The van der Waals surface area contributed by atoms with E-state index in [1.807, 2.05) is 37.3 Å². The fourth-order valence-electron chi connectivity index (χ4n) is 3.85. The van der Waals surface area contributed by atoms with Gasteiger partial charge in [0.05, 0.1) is 17.7 Å². The van der Waals surface area contributed by atoms with Gasteiger partial charge in [-0.05, 0) is 104 Å². The molecule has 0 aliphatic heterocycles. The number of aryl methyl sites for hydroxylation is 2. The molecular formula is C33H36O6S. The predicted octanol–water partition coefficient (Wildman–Crippen LogP) is 7.77. The molecule has 210 valence electrons. The average molecular weight is 561 g/mol. The molecule has 0 N–H and O–H groups in total. The molecule has 0 aliphatic carbocycles. The Kier molecular flexibility index (Phi) is 12.5. The Morgan fingerprint density at radius 1 is 0.800 bits per heavy atom. The van der Waals surface area contributed by atoms with Gasteiger partial charge in [0, 0.05) is 11.0 Å². The second kappa shape index (κ2) is 16.3. The van der Waals surface area contributed by atoms with Gasteiger partial charge in [0.25, 0.3) is 0 Å². The molecule has 3 rings (SSSR count). The van der Waals surface area contributed by atoms with Crippen LogP contribution in [-0.4, -0.2) is 30.3 Å². The quantitative estimate of drug-likeness (QED) is 0.0618. The van der Waals surface area contributed by atoms with E-state index in [2.05, 4.69) is 13.5 Å². The van der Waals surface area contributed by atoms with E-state index >= 15 is 0 Å². The fourth-order valence-corrected chi connectivity index (χ4v) is 4.87. The number of benzene rings is 3. The minimum Gasteiger partial charge on any atom is -0.463 e. The predicted molar refractivity (Wildman–Crippen MR) is 158 cm³/mol. The van der Waals surface area contributed by atoms with Crippen molar-refractivity contribution in [3.63, 3.8) is 0 Å². The van der Waals surface area contributed by atoms with Gasteiger partial charge >= 0.3 is 17.9 Å². The lowest BCUT2D eigenvalue weighted by atomic mass is 10.1. The lowest BCUT2D eigenvalue weighted by molar-refractivity contribution is -0.137. The van der Waals surface area contributed by atoms with E-state index in [4.69, 9.17) is 14.2 Å². The monoisotopic (exact) mass is 560 g/mol. The van der Waals surface area contributed by atoms with Crippen molar-refractivity contribution in [2.75, 3.05) is 12.4 Å². The minimum absolute atomic E-state index is 0.339. The molecule has 0 amide bonds. The third-order valence-electron chi connectivity index (χ3n) is 6.12. The highest BCUT2D eigenvalue weighted by atomic mass is 32.2. The highest BCUT2D eigenvalue weighted by Crippen LogP contribution is 2.25. The van der Waals surface area contributed by atoms with E-state index in [1.165, 1.54) is 18.4 Å². The molecule has 3 aromatic carbocycles. The minimum atomic E-state index is -0.474. The van der Waals surface area contributed by atoms with Crippen molar-refractivity contribution in [3.8, 4) is 11.5 Å². The van der Waals surface area contributed by atoms with Crippen molar-refractivity contribution in [3.05, 3.63) is 102 Å². The summed E-state index contributed by atoms with van der Waals surface area (Å²) in [6.07, 6.45) is 7.38. The molecule has 0 bridgehead atoms. The van der Waals surface area contributed by atoms with Crippen LogP contribution in [0.1, 0.15) is 70.9 Å². The van der Waals surface area contributed by atoms with Crippen molar-refractivity contribution in [1.82, 2.24) is 0 Å². The van der Waals surface area contributed by atoms with Crippen molar-refractivity contribution in [1.29, 1.82) is 0 Å². The molecule has 0 aromatic heterocycles. The van der Waals surface area contributed by atoms with E-state index < -0.39 is 17.9 Å². The number of thioether (sulfide) groups is 1. The summed E-state index contributed by atoms with van der Waals surface area (Å²) in [6.45, 7) is 7.88. The maximum Gasteiger partial charge on any atom is 0.343 e. The Labute approximate surface area is 240 Å². The number of esters is 3. The van der Waals surface area contributed by atoms with Crippen LogP contribution in [0.3, 0.4) is 0 Å². The summed E-state index contributed by atoms with van der Waals surface area (Å²) in [5, 5.41) is 0. The summed E-state index contributed by atoms with van der Waals surface area (Å²) in [7, 11) is 0. The van der Waals surface area contributed by atoms with Gasteiger partial charge in [-0.25, -0.2) is 14.4 Å². The topological polar surface area (TPSA) is 78.9 Å². The van der Waals surface area contributed by atoms with Crippen LogP contribution >= 0.6 is 11.8 Å². The number of rotatable bonds is 15. The summed E-state index contributed by atoms with van der Waals surface area (Å²) >= 11 is 1.69. The smallest absolute Gasteiger partial charge is 0.343 e. The lowest BCUT2D eigenvalue weighted by Crippen LogP contribution is -2.10. The van der Waals surface area contributed by atoms with Gasteiger partial charge in [0.1, 0.15) is 11.5 Å². The molecular weight excluding hydrogens is 524 g/mol. The first-order valence-corrected chi connectivity index (χ1v) is 14.5. The Hall–Kier alpha value is -3.84. The molecule has 0 atom stereocenters. The number of ether oxygens (including phenoxy) is 3. The second-order valence-electron chi connectivity index (χ2n) is 9.31. The number of carbonyl (C=O) groups excluding carboxylic acids is 3. The molecule has 0 heterocycles. The van der Waals surface area contributed by atoms with Crippen molar-refractivity contribution in [2.24, 2.45) is 0 Å². The van der Waals surface area contributed by atoms with E-state index in [0.29, 0.717) is 29.2 Å². The normalized spacial score (nSPS) is 10.6. The fraction of sp³-hybridized carbons (Fsp3) is 0.303.